The smallest absolute Gasteiger partial charge is 0.328 e. The van der Waals surface area contributed by atoms with Crippen molar-refractivity contribution in [2.24, 2.45) is 5.92 Å². The van der Waals surface area contributed by atoms with Gasteiger partial charge in [-0.15, -0.1) is 12.4 Å². The summed E-state index contributed by atoms with van der Waals surface area (Å²) in [5, 5.41) is 12.4. The second kappa shape index (κ2) is 12.2. The molecule has 4 aliphatic rings. The van der Waals surface area contributed by atoms with Crippen LogP contribution < -0.4 is 5.32 Å². The zero-order valence-electron chi connectivity index (χ0n) is 23.7. The molecular weight excluding hydrogens is 552 g/mol. The summed E-state index contributed by atoms with van der Waals surface area (Å²) < 4.78 is 27.3. The van der Waals surface area contributed by atoms with E-state index in [9.17, 15) is 28.4 Å². The molecule has 2 unspecified atom stereocenters. The second-order valence-electron chi connectivity index (χ2n) is 12.2. The van der Waals surface area contributed by atoms with Crippen LogP contribution in [0.4, 0.5) is 13.6 Å². The number of hydrogen-bond donors (Lipinski definition) is 1. The van der Waals surface area contributed by atoms with Gasteiger partial charge in [-0.2, -0.15) is 5.26 Å². The molecule has 0 aromatic heterocycles. The maximum Gasteiger partial charge on any atom is 0.328 e. The summed E-state index contributed by atoms with van der Waals surface area (Å²) in [6.45, 7) is 4.30. The lowest BCUT2D eigenvalue weighted by Gasteiger charge is -2.48. The van der Waals surface area contributed by atoms with Crippen LogP contribution in [-0.4, -0.2) is 75.2 Å². The highest BCUT2D eigenvalue weighted by molar-refractivity contribution is 6.07. The standard InChI is InChI=1S/C30H39F2N5O3.ClH/c1-20(2)37-28(40)36(17-15-33)27(39)29(37)18-23-8-9-24(19-29)35(23)16-12-25(21-6-4-3-5-7-21)34-26(38)22-10-13-30(31,32)14-11-22;/h3-7,20,22-25H,8-14,16-19H2,1-2H3,(H,34,38);1H/t23?,24?,25-,29?;/m0./s1. The molecule has 224 valence electrons. The van der Waals surface area contributed by atoms with E-state index in [-0.39, 0.29) is 86.6 Å². The predicted molar refractivity (Wildman–Crippen MR) is 151 cm³/mol. The van der Waals surface area contributed by atoms with Crippen molar-refractivity contribution in [2.45, 2.75) is 107 Å². The fourth-order valence-electron chi connectivity index (χ4n) is 7.61. The first-order valence-corrected chi connectivity index (χ1v) is 14.6. The Hall–Kier alpha value is -2.77. The van der Waals surface area contributed by atoms with E-state index in [1.807, 2.05) is 50.2 Å². The Balaban J connectivity index is 0.00000387. The largest absolute Gasteiger partial charge is 0.349 e. The zero-order valence-corrected chi connectivity index (χ0v) is 24.5. The number of amides is 4. The highest BCUT2D eigenvalue weighted by atomic mass is 35.5. The lowest BCUT2D eigenvalue weighted by molar-refractivity contribution is -0.137. The Morgan fingerprint density at radius 2 is 1.68 bits per heavy atom. The molecule has 1 aliphatic carbocycles. The monoisotopic (exact) mass is 591 g/mol. The van der Waals surface area contributed by atoms with E-state index in [0.29, 0.717) is 25.8 Å². The van der Waals surface area contributed by atoms with Crippen LogP contribution in [0.25, 0.3) is 0 Å². The molecular formula is C30H40ClF2N5O3. The molecule has 1 aromatic carbocycles. The third kappa shape index (κ3) is 5.94. The normalized spacial score (nSPS) is 28.6. The number of nitriles is 1. The minimum Gasteiger partial charge on any atom is -0.349 e. The Morgan fingerprint density at radius 1 is 1.07 bits per heavy atom. The Morgan fingerprint density at radius 3 is 2.24 bits per heavy atom. The second-order valence-corrected chi connectivity index (χ2v) is 12.2. The van der Waals surface area contributed by atoms with Crippen LogP contribution >= 0.6 is 12.4 Å². The molecule has 0 radical (unpaired) electrons. The number of carbonyl (C=O) groups is 3. The van der Waals surface area contributed by atoms with E-state index in [0.717, 1.165) is 23.3 Å². The van der Waals surface area contributed by atoms with Crippen molar-refractivity contribution >= 4 is 30.3 Å². The molecule has 5 rings (SSSR count). The zero-order chi connectivity index (χ0) is 28.7. The highest BCUT2D eigenvalue weighted by Crippen LogP contribution is 2.48. The highest BCUT2D eigenvalue weighted by Gasteiger charge is 2.63. The first-order valence-electron chi connectivity index (χ1n) is 14.6. The molecule has 41 heavy (non-hydrogen) atoms. The van der Waals surface area contributed by atoms with Gasteiger partial charge < -0.3 is 10.2 Å². The fourth-order valence-corrected chi connectivity index (χ4v) is 7.61. The van der Waals surface area contributed by atoms with Crippen molar-refractivity contribution in [3.63, 3.8) is 0 Å². The molecule has 3 saturated heterocycles. The summed E-state index contributed by atoms with van der Waals surface area (Å²) in [6.07, 6.45) is 3.47. The molecule has 8 nitrogen and oxygen atoms in total. The first kappa shape index (κ1) is 31.2. The van der Waals surface area contributed by atoms with Gasteiger partial charge in [0, 0.05) is 43.4 Å². The summed E-state index contributed by atoms with van der Waals surface area (Å²) in [7, 11) is 0. The maximum atomic E-state index is 13.7. The number of benzene rings is 1. The first-order chi connectivity index (χ1) is 19.1. The number of nitrogens with zero attached hydrogens (tertiary/aromatic N) is 4. The summed E-state index contributed by atoms with van der Waals surface area (Å²) >= 11 is 0. The number of alkyl halides is 2. The van der Waals surface area contributed by atoms with E-state index >= 15 is 0 Å². The van der Waals surface area contributed by atoms with Crippen LogP contribution in [0, 0.1) is 17.2 Å². The summed E-state index contributed by atoms with van der Waals surface area (Å²) in [5.74, 6) is -3.49. The van der Waals surface area contributed by atoms with Crippen LogP contribution in [0.15, 0.2) is 30.3 Å². The number of piperidine rings is 1. The van der Waals surface area contributed by atoms with E-state index in [1.54, 1.807) is 4.90 Å². The third-order valence-corrected chi connectivity index (χ3v) is 9.49. The number of fused-ring (bicyclic) bond motifs is 2. The number of imide groups is 1. The molecule has 11 heteroatoms. The number of hydrogen-bond acceptors (Lipinski definition) is 5. The molecule has 3 aliphatic heterocycles. The number of urea groups is 1. The lowest BCUT2D eigenvalue weighted by atomic mass is 9.80. The number of nitrogens with one attached hydrogen (secondary N) is 1. The van der Waals surface area contributed by atoms with Crippen LogP contribution in [0.2, 0.25) is 0 Å². The number of rotatable bonds is 8. The minimum atomic E-state index is -2.68. The maximum absolute atomic E-state index is 13.7. The van der Waals surface area contributed by atoms with E-state index in [2.05, 4.69) is 10.2 Å². The van der Waals surface area contributed by atoms with Gasteiger partial charge in [-0.1, -0.05) is 30.3 Å². The molecule has 1 spiro atoms. The van der Waals surface area contributed by atoms with Gasteiger partial charge in [0.05, 0.1) is 12.1 Å². The summed E-state index contributed by atoms with van der Waals surface area (Å²) in [5.41, 5.74) is 0.0630. The third-order valence-electron chi connectivity index (χ3n) is 9.49. The van der Waals surface area contributed by atoms with Gasteiger partial charge in [0.15, 0.2) is 0 Å². The van der Waals surface area contributed by atoms with Gasteiger partial charge >= 0.3 is 6.03 Å². The molecule has 4 fully saturated rings. The van der Waals surface area contributed by atoms with Gasteiger partial charge in [0.2, 0.25) is 11.8 Å². The Kier molecular flexibility index (Phi) is 9.29. The topological polar surface area (TPSA) is 96.8 Å². The summed E-state index contributed by atoms with van der Waals surface area (Å²) in [6, 6.07) is 11.2. The molecule has 4 amide bonds. The molecule has 2 bridgehead atoms. The van der Waals surface area contributed by atoms with Crippen molar-refractivity contribution in [3.8, 4) is 6.07 Å². The SMILES string of the molecule is CC(C)N1C(=O)N(CC#N)C(=O)C12CC1CCC(C2)N1CC[C@H](NC(=O)C1CCC(F)(F)CC1)c1ccccc1.Cl. The lowest BCUT2D eigenvalue weighted by Crippen LogP contribution is -2.61. The number of halogens is 3. The van der Waals surface area contributed by atoms with Crippen LogP contribution in [0.1, 0.15) is 83.2 Å². The van der Waals surface area contributed by atoms with Crippen LogP contribution in [0.3, 0.4) is 0 Å². The van der Waals surface area contributed by atoms with Crippen molar-refractivity contribution in [3.05, 3.63) is 35.9 Å². The molecule has 1 saturated carbocycles. The van der Waals surface area contributed by atoms with Crippen molar-refractivity contribution in [1.29, 1.82) is 5.26 Å². The quantitative estimate of drug-likeness (QED) is 0.337. The molecule has 3 atom stereocenters. The van der Waals surface area contributed by atoms with E-state index in [4.69, 9.17) is 0 Å². The van der Waals surface area contributed by atoms with Crippen LogP contribution in [0.5, 0.6) is 0 Å². The Labute approximate surface area is 246 Å². The summed E-state index contributed by atoms with van der Waals surface area (Å²) in [4.78, 5) is 45.1. The van der Waals surface area contributed by atoms with Gasteiger partial charge in [0.25, 0.3) is 5.91 Å². The van der Waals surface area contributed by atoms with Gasteiger partial charge in [0.1, 0.15) is 12.1 Å². The average molecular weight is 592 g/mol. The van der Waals surface area contributed by atoms with Gasteiger partial charge in [-0.25, -0.2) is 18.5 Å². The fraction of sp³-hybridized carbons (Fsp3) is 0.667. The molecule has 1 N–H and O–H groups in total. The Bertz CT molecular complexity index is 1150. The average Bonchev–Trinajstić information content (AvgIpc) is 3.27. The van der Waals surface area contributed by atoms with Crippen molar-refractivity contribution < 1.29 is 23.2 Å². The minimum absolute atomic E-state index is 0. The van der Waals surface area contributed by atoms with Crippen LogP contribution in [-0.2, 0) is 9.59 Å². The molecule has 1 aromatic rings. The predicted octanol–water partition coefficient (Wildman–Crippen LogP) is 5.04. The van der Waals surface area contributed by atoms with Gasteiger partial charge in [-0.3, -0.25) is 14.5 Å². The van der Waals surface area contributed by atoms with Crippen molar-refractivity contribution in [2.75, 3.05) is 13.1 Å². The number of carbonyl (C=O) groups excluding carboxylic acids is 3. The molecule has 3 heterocycles. The van der Waals surface area contributed by atoms with E-state index < -0.39 is 17.4 Å². The van der Waals surface area contributed by atoms with Gasteiger partial charge in [-0.05, 0) is 64.4 Å². The van der Waals surface area contributed by atoms with E-state index in [1.165, 1.54) is 0 Å². The van der Waals surface area contributed by atoms with Crippen molar-refractivity contribution in [1.82, 2.24) is 20.0 Å².